The van der Waals surface area contributed by atoms with Crippen LogP contribution in [0, 0.1) is 0 Å². The summed E-state index contributed by atoms with van der Waals surface area (Å²) in [6.45, 7) is 0. The van der Waals surface area contributed by atoms with Crippen molar-refractivity contribution in [3.8, 4) is 45.3 Å². The zero-order valence-electron chi connectivity index (χ0n) is 28.5. The molecule has 0 amide bonds. The van der Waals surface area contributed by atoms with E-state index in [-0.39, 0.29) is 0 Å². The number of rotatable bonds is 4. The lowest BCUT2D eigenvalue weighted by Gasteiger charge is -2.16. The minimum atomic E-state index is 0.602. The van der Waals surface area contributed by atoms with Gasteiger partial charge >= 0.3 is 0 Å². The summed E-state index contributed by atoms with van der Waals surface area (Å²) in [5, 5.41) is 11.9. The van der Waals surface area contributed by atoms with Gasteiger partial charge in [0.25, 0.3) is 0 Å². The summed E-state index contributed by atoms with van der Waals surface area (Å²) in [7, 11) is 0. The summed E-state index contributed by atoms with van der Waals surface area (Å²) in [6, 6.07) is 61.7. The second-order valence-corrected chi connectivity index (χ2v) is 13.5. The van der Waals surface area contributed by atoms with E-state index in [9.17, 15) is 0 Å². The number of benzene rings is 9. The van der Waals surface area contributed by atoms with Crippen molar-refractivity contribution in [1.29, 1.82) is 0 Å². The van der Waals surface area contributed by atoms with Crippen molar-refractivity contribution >= 4 is 65.0 Å². The number of nitrogens with zero attached hydrogens (tertiary/aromatic N) is 3. The maximum atomic E-state index is 6.26. The molecule has 0 N–H and O–H groups in total. The van der Waals surface area contributed by atoms with Crippen molar-refractivity contribution in [2.24, 2.45) is 0 Å². The highest BCUT2D eigenvalue weighted by molar-refractivity contribution is 6.28. The molecule has 0 saturated heterocycles. The van der Waals surface area contributed by atoms with E-state index in [1.165, 1.54) is 48.7 Å². The second kappa shape index (κ2) is 11.7. The third kappa shape index (κ3) is 4.73. The molecule has 2 aromatic heterocycles. The number of aromatic nitrogens is 3. The van der Waals surface area contributed by atoms with Crippen LogP contribution in [0.4, 0.5) is 0 Å². The maximum absolute atomic E-state index is 6.26. The van der Waals surface area contributed by atoms with Crippen molar-refractivity contribution in [2.45, 2.75) is 0 Å². The predicted octanol–water partition coefficient (Wildman–Crippen LogP) is 13.1. The van der Waals surface area contributed by atoms with Crippen LogP contribution < -0.4 is 0 Å². The molecule has 9 aromatic carbocycles. The van der Waals surface area contributed by atoms with Crippen molar-refractivity contribution < 1.29 is 4.42 Å². The molecule has 0 fully saturated rings. The smallest absolute Gasteiger partial charge is 0.164 e. The molecular weight excluding hydrogens is 647 g/mol. The highest BCUT2D eigenvalue weighted by atomic mass is 16.3. The Kier molecular flexibility index (Phi) is 6.52. The Bertz CT molecular complexity index is 3240. The molecule has 0 spiro atoms. The van der Waals surface area contributed by atoms with Crippen LogP contribution in [-0.2, 0) is 0 Å². The molecule has 0 aliphatic rings. The van der Waals surface area contributed by atoms with E-state index in [2.05, 4.69) is 115 Å². The van der Waals surface area contributed by atoms with Gasteiger partial charge < -0.3 is 4.42 Å². The van der Waals surface area contributed by atoms with Crippen molar-refractivity contribution in [3.05, 3.63) is 176 Å². The molecule has 0 unspecified atom stereocenters. The molecule has 2 heterocycles. The van der Waals surface area contributed by atoms with Gasteiger partial charge in [0.05, 0.1) is 0 Å². The summed E-state index contributed by atoms with van der Waals surface area (Å²) in [6.07, 6.45) is 0. The molecule has 11 aromatic rings. The standard InChI is InChI=1S/C49H29N3O/c1-2-14-32(15-3-1)47-50-48(52-49(51-47)40-21-11-23-43-46(40)38-20-8-9-22-42(38)53-43)35-17-10-16-33(28-35)41-29-34-25-24-30-12-4-6-18-36(30)44(34)39-27-26-31-13-5-7-19-37(31)45(39)41/h1-29H. The topological polar surface area (TPSA) is 51.8 Å². The molecule has 0 saturated carbocycles. The molecule has 11 rings (SSSR count). The Morgan fingerprint density at radius 2 is 0.887 bits per heavy atom. The van der Waals surface area contributed by atoms with Crippen LogP contribution in [0.25, 0.3) is 110 Å². The van der Waals surface area contributed by atoms with Crippen molar-refractivity contribution in [1.82, 2.24) is 15.0 Å². The van der Waals surface area contributed by atoms with Gasteiger partial charge in [-0.3, -0.25) is 0 Å². The molecule has 246 valence electrons. The van der Waals surface area contributed by atoms with Gasteiger partial charge in [-0.25, -0.2) is 15.0 Å². The van der Waals surface area contributed by atoms with Crippen LogP contribution in [0.3, 0.4) is 0 Å². The molecule has 4 nitrogen and oxygen atoms in total. The SMILES string of the molecule is c1ccc(-c2nc(-c3cccc(-c4cc5ccc6ccccc6c5c5ccc6ccccc6c45)c3)nc(-c3cccc4oc5ccccc5c34)n2)cc1. The van der Waals surface area contributed by atoms with E-state index >= 15 is 0 Å². The zero-order valence-corrected chi connectivity index (χ0v) is 28.5. The highest BCUT2D eigenvalue weighted by Gasteiger charge is 2.19. The first-order chi connectivity index (χ1) is 26.3. The fraction of sp³-hybridized carbons (Fsp3) is 0. The van der Waals surface area contributed by atoms with Crippen LogP contribution in [-0.4, -0.2) is 15.0 Å². The third-order valence-corrected chi connectivity index (χ3v) is 10.5. The molecule has 0 atom stereocenters. The molecule has 53 heavy (non-hydrogen) atoms. The largest absolute Gasteiger partial charge is 0.456 e. The second-order valence-electron chi connectivity index (χ2n) is 13.5. The monoisotopic (exact) mass is 675 g/mol. The molecule has 0 bridgehead atoms. The summed E-state index contributed by atoms with van der Waals surface area (Å²) in [5.74, 6) is 1.83. The summed E-state index contributed by atoms with van der Waals surface area (Å²) < 4.78 is 6.26. The maximum Gasteiger partial charge on any atom is 0.164 e. The first kappa shape index (κ1) is 29.5. The van der Waals surface area contributed by atoms with Crippen LogP contribution in [0.15, 0.2) is 180 Å². The van der Waals surface area contributed by atoms with E-state index in [1.807, 2.05) is 60.7 Å². The van der Waals surface area contributed by atoms with Crippen LogP contribution in [0.1, 0.15) is 0 Å². The molecule has 0 aliphatic heterocycles. The Labute approximate surface area is 304 Å². The summed E-state index contributed by atoms with van der Waals surface area (Å²) >= 11 is 0. The van der Waals surface area contributed by atoms with Gasteiger partial charge in [-0.15, -0.1) is 0 Å². The van der Waals surface area contributed by atoms with Crippen LogP contribution >= 0.6 is 0 Å². The summed E-state index contributed by atoms with van der Waals surface area (Å²) in [5.41, 5.74) is 6.67. The van der Waals surface area contributed by atoms with Gasteiger partial charge in [-0.2, -0.15) is 0 Å². The van der Waals surface area contributed by atoms with E-state index in [0.29, 0.717) is 17.5 Å². The lowest BCUT2D eigenvalue weighted by atomic mass is 9.88. The van der Waals surface area contributed by atoms with E-state index in [4.69, 9.17) is 19.4 Å². The Morgan fingerprint density at radius 1 is 0.302 bits per heavy atom. The fourth-order valence-electron chi connectivity index (χ4n) is 8.06. The number of hydrogen-bond donors (Lipinski definition) is 0. The first-order valence-corrected chi connectivity index (χ1v) is 17.9. The molecular formula is C49H29N3O. The minimum absolute atomic E-state index is 0.602. The zero-order chi connectivity index (χ0) is 34.9. The van der Waals surface area contributed by atoms with Crippen LogP contribution in [0.2, 0.25) is 0 Å². The van der Waals surface area contributed by atoms with Gasteiger partial charge in [-0.05, 0) is 78.5 Å². The van der Waals surface area contributed by atoms with Gasteiger partial charge in [0.2, 0.25) is 0 Å². The number of furan rings is 1. The van der Waals surface area contributed by atoms with E-state index < -0.39 is 0 Å². The first-order valence-electron chi connectivity index (χ1n) is 17.9. The van der Waals surface area contributed by atoms with Crippen molar-refractivity contribution in [3.63, 3.8) is 0 Å². The van der Waals surface area contributed by atoms with Crippen LogP contribution in [0.5, 0.6) is 0 Å². The quantitative estimate of drug-likeness (QED) is 0.174. The average Bonchev–Trinajstić information content (AvgIpc) is 3.62. The average molecular weight is 676 g/mol. The number of hydrogen-bond acceptors (Lipinski definition) is 4. The van der Waals surface area contributed by atoms with Crippen molar-refractivity contribution in [2.75, 3.05) is 0 Å². The predicted molar refractivity (Wildman–Crippen MR) is 219 cm³/mol. The Balaban J connectivity index is 1.16. The molecule has 0 radical (unpaired) electrons. The van der Waals surface area contributed by atoms with E-state index in [0.717, 1.165) is 44.2 Å². The number of para-hydroxylation sites is 1. The lowest BCUT2D eigenvalue weighted by Crippen LogP contribution is -2.00. The Morgan fingerprint density at radius 3 is 1.72 bits per heavy atom. The van der Waals surface area contributed by atoms with E-state index in [1.54, 1.807) is 0 Å². The number of fused-ring (bicyclic) bond motifs is 10. The molecule has 0 aliphatic carbocycles. The van der Waals surface area contributed by atoms with Gasteiger partial charge in [-0.1, -0.05) is 152 Å². The van der Waals surface area contributed by atoms with Gasteiger partial charge in [0.1, 0.15) is 11.2 Å². The van der Waals surface area contributed by atoms with Gasteiger partial charge in [0.15, 0.2) is 17.5 Å². The molecule has 4 heteroatoms. The lowest BCUT2D eigenvalue weighted by molar-refractivity contribution is 0.669. The van der Waals surface area contributed by atoms with Gasteiger partial charge in [0, 0.05) is 27.5 Å². The third-order valence-electron chi connectivity index (χ3n) is 10.5. The summed E-state index contributed by atoms with van der Waals surface area (Å²) in [4.78, 5) is 15.4. The minimum Gasteiger partial charge on any atom is -0.456 e. The fourth-order valence-corrected chi connectivity index (χ4v) is 8.06. The Hall–Kier alpha value is -7.17. The highest BCUT2D eigenvalue weighted by Crippen LogP contribution is 2.43. The normalized spacial score (nSPS) is 11.8.